The van der Waals surface area contributed by atoms with Gasteiger partial charge in [-0.3, -0.25) is 9.69 Å². The van der Waals surface area contributed by atoms with E-state index in [1.165, 1.54) is 6.07 Å². The lowest BCUT2D eigenvalue weighted by Crippen LogP contribution is -2.31. The van der Waals surface area contributed by atoms with E-state index in [-0.39, 0.29) is 17.7 Å². The van der Waals surface area contributed by atoms with Crippen molar-refractivity contribution in [3.63, 3.8) is 0 Å². The summed E-state index contributed by atoms with van der Waals surface area (Å²) in [6.07, 6.45) is 1.97. The Kier molecular flexibility index (Phi) is 5.09. The maximum atomic E-state index is 14.2. The standard InChI is InChI=1S/C21H21F2NO/c1-14(15(2)25)12-24-13-17(19-11-18(22)8-9-20(19)23)10-21(24)16-6-4-3-5-7-16/h3-11,14,21H,12-13H2,1-2H3. The third-order valence-corrected chi connectivity index (χ3v) is 4.74. The average molecular weight is 341 g/mol. The van der Waals surface area contributed by atoms with Crippen LogP contribution in [0, 0.1) is 17.6 Å². The summed E-state index contributed by atoms with van der Waals surface area (Å²) in [6, 6.07) is 13.3. The Bertz CT molecular complexity index is 801. The molecule has 0 aliphatic carbocycles. The molecule has 2 aromatic carbocycles. The number of halogens is 2. The van der Waals surface area contributed by atoms with E-state index in [1.807, 2.05) is 43.3 Å². The number of carbonyl (C=O) groups is 1. The second kappa shape index (κ2) is 7.28. The summed E-state index contributed by atoms with van der Waals surface area (Å²) in [5.74, 6) is -0.876. The summed E-state index contributed by atoms with van der Waals surface area (Å²) in [7, 11) is 0. The molecule has 2 unspecified atom stereocenters. The van der Waals surface area contributed by atoms with Crippen LogP contribution in [0.3, 0.4) is 0 Å². The van der Waals surface area contributed by atoms with Gasteiger partial charge in [0.25, 0.3) is 0 Å². The van der Waals surface area contributed by atoms with Crippen LogP contribution >= 0.6 is 0 Å². The third kappa shape index (κ3) is 3.85. The zero-order valence-electron chi connectivity index (χ0n) is 14.4. The van der Waals surface area contributed by atoms with E-state index in [9.17, 15) is 13.6 Å². The number of hydrogen-bond donors (Lipinski definition) is 0. The highest BCUT2D eigenvalue weighted by atomic mass is 19.1. The van der Waals surface area contributed by atoms with Crippen LogP contribution in [0.15, 0.2) is 54.6 Å². The molecule has 2 nitrogen and oxygen atoms in total. The summed E-state index contributed by atoms with van der Waals surface area (Å²) < 4.78 is 27.8. The number of hydrogen-bond acceptors (Lipinski definition) is 2. The summed E-state index contributed by atoms with van der Waals surface area (Å²) in [6.45, 7) is 4.54. The van der Waals surface area contributed by atoms with Crippen LogP contribution in [0.1, 0.15) is 31.0 Å². The number of Topliss-reactive ketones (excluding diaryl/α,β-unsaturated/α-hetero) is 1. The van der Waals surface area contributed by atoms with E-state index in [1.54, 1.807) is 6.92 Å². The molecule has 0 N–H and O–H groups in total. The largest absolute Gasteiger partial charge is 0.300 e. The zero-order valence-corrected chi connectivity index (χ0v) is 14.4. The maximum Gasteiger partial charge on any atom is 0.133 e. The van der Waals surface area contributed by atoms with Gasteiger partial charge >= 0.3 is 0 Å². The van der Waals surface area contributed by atoms with Gasteiger partial charge in [-0.2, -0.15) is 0 Å². The molecule has 0 saturated carbocycles. The topological polar surface area (TPSA) is 20.3 Å². The van der Waals surface area contributed by atoms with Gasteiger partial charge in [-0.15, -0.1) is 0 Å². The first kappa shape index (κ1) is 17.5. The first-order valence-corrected chi connectivity index (χ1v) is 8.41. The van der Waals surface area contributed by atoms with E-state index in [2.05, 4.69) is 4.90 Å². The molecule has 1 heterocycles. The Morgan fingerprint density at radius 1 is 1.20 bits per heavy atom. The van der Waals surface area contributed by atoms with Crippen LogP contribution in [-0.2, 0) is 4.79 Å². The van der Waals surface area contributed by atoms with E-state index in [4.69, 9.17) is 0 Å². The monoisotopic (exact) mass is 341 g/mol. The second-order valence-corrected chi connectivity index (χ2v) is 6.61. The minimum Gasteiger partial charge on any atom is -0.300 e. The van der Waals surface area contributed by atoms with Gasteiger partial charge in [0.05, 0.1) is 6.04 Å². The van der Waals surface area contributed by atoms with Crippen LogP contribution in [0.4, 0.5) is 8.78 Å². The van der Waals surface area contributed by atoms with Crippen molar-refractivity contribution in [2.75, 3.05) is 13.1 Å². The molecule has 1 aliphatic rings. The first-order valence-electron chi connectivity index (χ1n) is 8.41. The van der Waals surface area contributed by atoms with Gasteiger partial charge < -0.3 is 0 Å². The molecule has 0 aromatic heterocycles. The predicted octanol–water partition coefficient (Wildman–Crippen LogP) is 4.63. The fourth-order valence-electron chi connectivity index (χ4n) is 3.20. The third-order valence-electron chi connectivity index (χ3n) is 4.74. The molecule has 130 valence electrons. The molecule has 3 rings (SSSR count). The molecule has 0 saturated heterocycles. The molecule has 0 radical (unpaired) electrons. The fraction of sp³-hybridized carbons (Fsp3) is 0.286. The van der Waals surface area contributed by atoms with E-state index in [0.29, 0.717) is 18.7 Å². The van der Waals surface area contributed by atoms with Gasteiger partial charge in [0.1, 0.15) is 17.4 Å². The molecule has 2 atom stereocenters. The lowest BCUT2D eigenvalue weighted by molar-refractivity contribution is -0.120. The molecule has 0 amide bonds. The van der Waals surface area contributed by atoms with E-state index < -0.39 is 11.6 Å². The lowest BCUT2D eigenvalue weighted by Gasteiger charge is -2.27. The predicted molar refractivity (Wildman–Crippen MR) is 94.9 cm³/mol. The van der Waals surface area contributed by atoms with Crippen LogP contribution in [0.2, 0.25) is 0 Å². The van der Waals surface area contributed by atoms with Crippen LogP contribution in [0.5, 0.6) is 0 Å². The molecular formula is C21H21F2NO. The van der Waals surface area contributed by atoms with Crippen molar-refractivity contribution >= 4 is 11.4 Å². The fourth-order valence-corrected chi connectivity index (χ4v) is 3.20. The van der Waals surface area contributed by atoms with Gasteiger partial charge in [0.2, 0.25) is 0 Å². The highest BCUT2D eigenvalue weighted by Crippen LogP contribution is 2.36. The smallest absolute Gasteiger partial charge is 0.133 e. The minimum absolute atomic E-state index is 0.0549. The Hall–Kier alpha value is -2.33. The van der Waals surface area contributed by atoms with Crippen LogP contribution in [0.25, 0.3) is 5.57 Å². The number of nitrogens with zero attached hydrogens (tertiary/aromatic N) is 1. The molecular weight excluding hydrogens is 320 g/mol. The number of rotatable bonds is 5. The van der Waals surface area contributed by atoms with Crippen molar-refractivity contribution in [2.24, 2.45) is 5.92 Å². The molecule has 4 heteroatoms. The van der Waals surface area contributed by atoms with Crippen molar-refractivity contribution in [3.05, 3.63) is 77.4 Å². The van der Waals surface area contributed by atoms with Gasteiger partial charge in [-0.1, -0.05) is 43.3 Å². The Morgan fingerprint density at radius 3 is 2.60 bits per heavy atom. The van der Waals surface area contributed by atoms with Crippen LogP contribution in [-0.4, -0.2) is 23.8 Å². The number of ketones is 1. The summed E-state index contributed by atoms with van der Waals surface area (Å²) in [4.78, 5) is 13.8. The lowest BCUT2D eigenvalue weighted by atomic mass is 10.0. The molecule has 25 heavy (non-hydrogen) atoms. The Labute approximate surface area is 146 Å². The maximum absolute atomic E-state index is 14.2. The molecule has 0 bridgehead atoms. The van der Waals surface area contributed by atoms with Crippen molar-refractivity contribution in [1.82, 2.24) is 4.90 Å². The van der Waals surface area contributed by atoms with Gasteiger partial charge in [0, 0.05) is 24.6 Å². The summed E-state index contributed by atoms with van der Waals surface area (Å²) in [5.41, 5.74) is 2.12. The van der Waals surface area contributed by atoms with Gasteiger partial charge in [-0.05, 0) is 36.3 Å². The Balaban J connectivity index is 1.95. The quantitative estimate of drug-likeness (QED) is 0.790. The van der Waals surface area contributed by atoms with E-state index in [0.717, 1.165) is 23.3 Å². The molecule has 0 spiro atoms. The SMILES string of the molecule is CC(=O)C(C)CN1CC(c2cc(F)ccc2F)=CC1c1ccccc1. The highest BCUT2D eigenvalue weighted by Gasteiger charge is 2.29. The summed E-state index contributed by atoms with van der Waals surface area (Å²) >= 11 is 0. The molecule has 1 aliphatic heterocycles. The first-order chi connectivity index (χ1) is 12.0. The van der Waals surface area contributed by atoms with Crippen molar-refractivity contribution in [2.45, 2.75) is 19.9 Å². The van der Waals surface area contributed by atoms with E-state index >= 15 is 0 Å². The highest BCUT2D eigenvalue weighted by molar-refractivity contribution is 5.78. The second-order valence-electron chi connectivity index (χ2n) is 6.61. The summed E-state index contributed by atoms with van der Waals surface area (Å²) in [5, 5.41) is 0. The van der Waals surface area contributed by atoms with Crippen molar-refractivity contribution in [1.29, 1.82) is 0 Å². The minimum atomic E-state index is -0.455. The number of benzene rings is 2. The molecule has 0 fully saturated rings. The molecule has 2 aromatic rings. The zero-order chi connectivity index (χ0) is 18.0. The van der Waals surface area contributed by atoms with Crippen molar-refractivity contribution < 1.29 is 13.6 Å². The van der Waals surface area contributed by atoms with Gasteiger partial charge in [0.15, 0.2) is 0 Å². The number of carbonyl (C=O) groups excluding carboxylic acids is 1. The van der Waals surface area contributed by atoms with Crippen molar-refractivity contribution in [3.8, 4) is 0 Å². The normalized spacial score (nSPS) is 18.9. The van der Waals surface area contributed by atoms with Gasteiger partial charge in [-0.25, -0.2) is 8.78 Å². The van der Waals surface area contributed by atoms with Crippen LogP contribution < -0.4 is 0 Å². The Morgan fingerprint density at radius 2 is 1.92 bits per heavy atom. The average Bonchev–Trinajstić information content (AvgIpc) is 3.01.